The van der Waals surface area contributed by atoms with Crippen molar-refractivity contribution in [2.24, 2.45) is 5.92 Å². The molecule has 0 aliphatic rings. The van der Waals surface area contributed by atoms with E-state index in [1.54, 1.807) is 11.3 Å². The van der Waals surface area contributed by atoms with Gasteiger partial charge in [0.2, 0.25) is 0 Å². The molecule has 3 N–H and O–H groups in total. The molecule has 0 radical (unpaired) electrons. The monoisotopic (exact) mass is 299 g/mol. The van der Waals surface area contributed by atoms with Gasteiger partial charge in [0.15, 0.2) is 0 Å². The number of rotatable bonds is 8. The number of aliphatic hydroxyl groups excluding tert-OH is 1. The summed E-state index contributed by atoms with van der Waals surface area (Å²) >= 11 is 1.64. The molecular weight excluding hydrogens is 274 g/mol. The highest BCUT2D eigenvalue weighted by Gasteiger charge is 2.10. The van der Waals surface area contributed by atoms with Gasteiger partial charge >= 0.3 is 6.03 Å². The van der Waals surface area contributed by atoms with E-state index in [0.717, 1.165) is 34.8 Å². The molecule has 0 aliphatic heterocycles. The molecule has 1 heterocycles. The highest BCUT2D eigenvalue weighted by molar-refractivity contribution is 7.11. The van der Waals surface area contributed by atoms with E-state index in [2.05, 4.69) is 22.5 Å². The van der Waals surface area contributed by atoms with E-state index in [0.29, 0.717) is 19.0 Å². The predicted molar refractivity (Wildman–Crippen MR) is 81.9 cm³/mol. The van der Waals surface area contributed by atoms with Gasteiger partial charge in [0.25, 0.3) is 0 Å². The Kier molecular flexibility index (Phi) is 7.54. The Morgan fingerprint density at radius 3 is 2.65 bits per heavy atom. The second kappa shape index (κ2) is 8.92. The summed E-state index contributed by atoms with van der Waals surface area (Å²) in [6.45, 7) is 7.32. The van der Waals surface area contributed by atoms with Crippen LogP contribution in [0.5, 0.6) is 0 Å². The van der Waals surface area contributed by atoms with Crippen molar-refractivity contribution in [1.29, 1.82) is 0 Å². The van der Waals surface area contributed by atoms with Crippen molar-refractivity contribution >= 4 is 17.4 Å². The fourth-order valence-electron chi connectivity index (χ4n) is 2.14. The van der Waals surface area contributed by atoms with Crippen LogP contribution in [0.1, 0.15) is 41.8 Å². The first kappa shape index (κ1) is 16.9. The number of aliphatic hydroxyl groups is 1. The fourth-order valence-corrected chi connectivity index (χ4v) is 2.97. The Morgan fingerprint density at radius 1 is 1.35 bits per heavy atom. The smallest absolute Gasteiger partial charge is 0.315 e. The lowest BCUT2D eigenvalue weighted by Gasteiger charge is -2.15. The van der Waals surface area contributed by atoms with E-state index < -0.39 is 0 Å². The number of nitrogens with zero attached hydrogens (tertiary/aromatic N) is 1. The molecule has 1 aromatic heterocycles. The van der Waals surface area contributed by atoms with E-state index in [-0.39, 0.29) is 12.6 Å². The zero-order chi connectivity index (χ0) is 15.0. The van der Waals surface area contributed by atoms with Gasteiger partial charge in [-0.25, -0.2) is 9.78 Å². The molecule has 20 heavy (non-hydrogen) atoms. The van der Waals surface area contributed by atoms with Crippen LogP contribution < -0.4 is 10.6 Å². The third kappa shape index (κ3) is 5.88. The highest BCUT2D eigenvalue weighted by Crippen LogP contribution is 2.15. The molecule has 0 aliphatic carbocycles. The van der Waals surface area contributed by atoms with Crippen LogP contribution in [0, 0.1) is 19.8 Å². The largest absolute Gasteiger partial charge is 0.396 e. The minimum atomic E-state index is -0.172. The molecule has 0 spiro atoms. The maximum Gasteiger partial charge on any atom is 0.315 e. The van der Waals surface area contributed by atoms with E-state index in [9.17, 15) is 4.79 Å². The third-order valence-corrected chi connectivity index (χ3v) is 4.13. The molecule has 1 unspecified atom stereocenters. The zero-order valence-electron chi connectivity index (χ0n) is 12.5. The van der Waals surface area contributed by atoms with Gasteiger partial charge in [0, 0.05) is 18.0 Å². The highest BCUT2D eigenvalue weighted by atomic mass is 32.1. The number of amides is 2. The fraction of sp³-hybridized carbons (Fsp3) is 0.714. The van der Waals surface area contributed by atoms with Crippen molar-refractivity contribution in [3.8, 4) is 0 Å². The lowest BCUT2D eigenvalue weighted by atomic mass is 10.0. The van der Waals surface area contributed by atoms with Crippen molar-refractivity contribution in [2.45, 2.75) is 46.6 Å². The summed E-state index contributed by atoms with van der Waals surface area (Å²) in [6, 6.07) is -0.172. The van der Waals surface area contributed by atoms with Gasteiger partial charge in [-0.1, -0.05) is 13.3 Å². The Morgan fingerprint density at radius 2 is 2.10 bits per heavy atom. The average Bonchev–Trinajstić information content (AvgIpc) is 2.72. The van der Waals surface area contributed by atoms with Crippen molar-refractivity contribution in [1.82, 2.24) is 15.6 Å². The van der Waals surface area contributed by atoms with Crippen LogP contribution in [-0.2, 0) is 6.54 Å². The maximum atomic E-state index is 11.7. The van der Waals surface area contributed by atoms with Crippen LogP contribution in [0.3, 0.4) is 0 Å². The van der Waals surface area contributed by atoms with Gasteiger partial charge in [0.05, 0.1) is 17.2 Å². The van der Waals surface area contributed by atoms with Gasteiger partial charge in [0.1, 0.15) is 0 Å². The quantitative estimate of drug-likeness (QED) is 0.690. The Labute approximate surface area is 124 Å². The molecule has 2 amide bonds. The first-order chi connectivity index (χ1) is 9.56. The molecule has 0 bridgehead atoms. The molecule has 1 atom stereocenters. The number of hydrogen-bond acceptors (Lipinski definition) is 4. The lowest BCUT2D eigenvalue weighted by molar-refractivity contribution is 0.229. The topological polar surface area (TPSA) is 74.2 Å². The van der Waals surface area contributed by atoms with Crippen LogP contribution in [0.2, 0.25) is 0 Å². The van der Waals surface area contributed by atoms with Crippen molar-refractivity contribution in [3.63, 3.8) is 0 Å². The molecular formula is C14H25N3O2S. The van der Waals surface area contributed by atoms with Crippen LogP contribution in [0.4, 0.5) is 4.79 Å². The van der Waals surface area contributed by atoms with Crippen LogP contribution >= 0.6 is 11.3 Å². The number of thiazole rings is 1. The number of aromatic nitrogens is 1. The Bertz CT molecular complexity index is 415. The lowest BCUT2D eigenvalue weighted by Crippen LogP contribution is -2.38. The van der Waals surface area contributed by atoms with E-state index >= 15 is 0 Å². The number of urea groups is 1. The first-order valence-electron chi connectivity index (χ1n) is 7.12. The zero-order valence-corrected chi connectivity index (χ0v) is 13.3. The van der Waals surface area contributed by atoms with E-state index in [4.69, 9.17) is 5.11 Å². The number of carbonyl (C=O) groups excluding carboxylic acids is 1. The summed E-state index contributed by atoms with van der Waals surface area (Å²) in [5, 5.41) is 15.7. The molecule has 0 saturated heterocycles. The second-order valence-electron chi connectivity index (χ2n) is 4.97. The summed E-state index contributed by atoms with van der Waals surface area (Å²) < 4.78 is 0. The molecule has 6 heteroatoms. The molecule has 0 fully saturated rings. The molecule has 0 saturated carbocycles. The van der Waals surface area contributed by atoms with Gasteiger partial charge in [-0.2, -0.15) is 0 Å². The van der Waals surface area contributed by atoms with Gasteiger partial charge in [-0.3, -0.25) is 0 Å². The summed E-state index contributed by atoms with van der Waals surface area (Å²) in [5.41, 5.74) is 0.933. The maximum absolute atomic E-state index is 11.7. The van der Waals surface area contributed by atoms with E-state index in [1.807, 2.05) is 13.8 Å². The van der Waals surface area contributed by atoms with Crippen molar-refractivity contribution in [3.05, 3.63) is 15.6 Å². The molecule has 114 valence electrons. The molecule has 1 rings (SSSR count). The van der Waals surface area contributed by atoms with Crippen LogP contribution in [-0.4, -0.2) is 29.3 Å². The standard InChI is InChI=1S/C14H25N3O2S/c1-4-5-12(6-7-18)8-15-14(19)16-9-13-10(2)20-11(3)17-13/h12,18H,4-9H2,1-3H3,(H2,15,16,19). The van der Waals surface area contributed by atoms with Crippen molar-refractivity contribution < 1.29 is 9.90 Å². The summed E-state index contributed by atoms with van der Waals surface area (Å²) in [6.07, 6.45) is 2.81. The predicted octanol–water partition coefficient (Wildman–Crippen LogP) is 2.36. The normalized spacial score (nSPS) is 12.2. The van der Waals surface area contributed by atoms with Gasteiger partial charge in [-0.15, -0.1) is 11.3 Å². The SMILES string of the molecule is CCCC(CCO)CNC(=O)NCc1nc(C)sc1C. The van der Waals surface area contributed by atoms with E-state index in [1.165, 1.54) is 0 Å². The minimum Gasteiger partial charge on any atom is -0.396 e. The van der Waals surface area contributed by atoms with Crippen molar-refractivity contribution in [2.75, 3.05) is 13.2 Å². The second-order valence-corrected chi connectivity index (χ2v) is 6.37. The number of nitrogens with one attached hydrogen (secondary N) is 2. The van der Waals surface area contributed by atoms with Gasteiger partial charge in [-0.05, 0) is 32.6 Å². The molecule has 0 aromatic carbocycles. The number of carbonyl (C=O) groups is 1. The van der Waals surface area contributed by atoms with Crippen LogP contribution in [0.25, 0.3) is 0 Å². The first-order valence-corrected chi connectivity index (χ1v) is 7.93. The summed E-state index contributed by atoms with van der Waals surface area (Å²) in [4.78, 5) is 17.3. The number of aryl methyl sites for hydroxylation is 2. The van der Waals surface area contributed by atoms with Gasteiger partial charge < -0.3 is 15.7 Å². The third-order valence-electron chi connectivity index (χ3n) is 3.20. The molecule has 1 aromatic rings. The Hall–Kier alpha value is -1.14. The summed E-state index contributed by atoms with van der Waals surface area (Å²) in [7, 11) is 0. The molecule has 5 nitrogen and oxygen atoms in total. The minimum absolute atomic E-state index is 0.172. The average molecular weight is 299 g/mol. The summed E-state index contributed by atoms with van der Waals surface area (Å²) in [5.74, 6) is 0.346. The Balaban J connectivity index is 2.30. The number of hydrogen-bond donors (Lipinski definition) is 3. The van der Waals surface area contributed by atoms with Crippen LogP contribution in [0.15, 0.2) is 0 Å².